The minimum atomic E-state index is -1.17. The van der Waals surface area contributed by atoms with Crippen molar-refractivity contribution >= 4 is 72.3 Å². The van der Waals surface area contributed by atoms with Gasteiger partial charge >= 0.3 is 87.8 Å². The maximum Gasteiger partial charge on any atom is 3.00 e. The van der Waals surface area contributed by atoms with E-state index in [4.69, 9.17) is 0 Å². The number of aliphatic carboxylic acids is 6. The molecule has 0 unspecified atom stereocenters. The van der Waals surface area contributed by atoms with Gasteiger partial charge in [0.25, 0.3) is 0 Å². The Balaban J connectivity index is 0. The van der Waals surface area contributed by atoms with Crippen LogP contribution in [0.1, 0.15) is 33.4 Å². The largest absolute Gasteiger partial charge is 3.00 e. The molecule has 348 valence electrons. The Hall–Kier alpha value is -6.55. The Morgan fingerprint density at radius 2 is 0.338 bits per heavy atom. The Morgan fingerprint density at radius 1 is 0.235 bits per heavy atom. The molecule has 6 rings (SSSR count). The average Bonchev–Trinajstić information content (AvgIpc) is 3.33. The van der Waals surface area contributed by atoms with Gasteiger partial charge in [-0.05, 0) is 69.8 Å². The molecule has 0 spiro atoms. The monoisotopic (exact) mass is 1200 g/mol. The van der Waals surface area contributed by atoms with Crippen molar-refractivity contribution in [1.29, 1.82) is 0 Å². The number of hydrogen-bond donors (Lipinski definition) is 0. The fourth-order valence-electron chi connectivity index (χ4n) is 4.37. The molecule has 0 aliphatic rings. The van der Waals surface area contributed by atoms with E-state index in [9.17, 15) is 59.4 Å². The average molecular weight is 1200 g/mol. The quantitative estimate of drug-likeness (QED) is 0.161. The molecule has 0 aliphatic heterocycles. The van der Waals surface area contributed by atoms with Crippen molar-refractivity contribution in [3.63, 3.8) is 0 Å². The van der Waals surface area contributed by atoms with Crippen molar-refractivity contribution in [3.8, 4) is 0 Å². The van der Waals surface area contributed by atoms with E-state index in [1.54, 1.807) is 0 Å². The molecule has 0 N–H and O–H groups in total. The van der Waals surface area contributed by atoms with Gasteiger partial charge in [-0.25, -0.2) is 0 Å². The maximum atomic E-state index is 9.97. The Kier molecular flexibility index (Phi) is 39.1. The van der Waals surface area contributed by atoms with E-state index in [2.05, 4.69) is 0 Å². The first-order valence-corrected chi connectivity index (χ1v) is 19.4. The second kappa shape index (κ2) is 41.9. The molecule has 68 heavy (non-hydrogen) atoms. The Labute approximate surface area is 466 Å². The zero-order chi connectivity index (χ0) is 48.6. The van der Waals surface area contributed by atoms with Gasteiger partial charge in [0.1, 0.15) is 0 Å². The topological polar surface area (TPSA) is 241 Å². The van der Waals surface area contributed by atoms with Gasteiger partial charge in [-0.15, -0.1) is 0 Å². The van der Waals surface area contributed by atoms with Crippen LogP contribution in [-0.4, -0.2) is 35.8 Å². The first-order chi connectivity index (χ1) is 31.7. The standard InChI is InChI=1S/6C9H8O2.Nd.Yb/c6*10-9(11)7-6-8-4-2-1-3-5-8;;/h6*1-7H,(H,10,11);;/q;;;;;;2*+3/p-6. The SMILES string of the molecule is O=C([O-])C=Cc1ccccc1.O=C([O-])C=Cc1ccccc1.O=C([O-])C=Cc1ccccc1.O=C([O-])C=Cc1ccccc1.O=C([O-])C=Cc1ccccc1.O=C([O-])C=Cc1ccccc1.[Nd+3].[Yb+3]. The van der Waals surface area contributed by atoms with Crippen molar-refractivity contribution in [2.75, 3.05) is 0 Å². The number of hydrogen-bond acceptors (Lipinski definition) is 12. The minimum absolute atomic E-state index is 0. The summed E-state index contributed by atoms with van der Waals surface area (Å²) < 4.78 is 0. The van der Waals surface area contributed by atoms with Gasteiger partial charge in [-0.2, -0.15) is 0 Å². The third kappa shape index (κ3) is 39.8. The maximum absolute atomic E-state index is 9.97. The fraction of sp³-hybridized carbons (Fsp3) is 0. The molecular weight excluding hydrogens is 1160 g/mol. The number of carbonyl (C=O) groups is 6. The second-order valence-electron chi connectivity index (χ2n) is 12.4. The van der Waals surface area contributed by atoms with Crippen molar-refractivity contribution in [2.45, 2.75) is 0 Å². The molecule has 0 aliphatic carbocycles. The summed E-state index contributed by atoms with van der Waals surface area (Å²) in [6.45, 7) is 0. The number of carboxylic acid groups (broad SMARTS) is 6. The predicted molar refractivity (Wildman–Crippen MR) is 243 cm³/mol. The van der Waals surface area contributed by atoms with E-state index in [0.717, 1.165) is 69.8 Å². The number of carbonyl (C=O) groups excluding carboxylic acids is 6. The van der Waals surface area contributed by atoms with Crippen molar-refractivity contribution in [1.82, 2.24) is 0 Å². The van der Waals surface area contributed by atoms with Crippen LogP contribution in [0.25, 0.3) is 36.5 Å². The zero-order valence-electron chi connectivity index (χ0n) is 35.9. The van der Waals surface area contributed by atoms with E-state index < -0.39 is 35.8 Å². The van der Waals surface area contributed by atoms with Gasteiger partial charge in [0.2, 0.25) is 0 Å². The summed E-state index contributed by atoms with van der Waals surface area (Å²) in [4.78, 5) is 59.8. The first-order valence-electron chi connectivity index (χ1n) is 19.4. The molecule has 6 aromatic rings. The van der Waals surface area contributed by atoms with Crippen LogP contribution in [0.3, 0.4) is 0 Å². The molecule has 0 saturated carbocycles. The van der Waals surface area contributed by atoms with E-state index in [-0.39, 0.29) is 87.8 Å². The number of carboxylic acids is 6. The third-order valence-electron chi connectivity index (χ3n) is 7.27. The smallest absolute Gasteiger partial charge is 0.545 e. The molecule has 6 aromatic carbocycles. The predicted octanol–water partition coefficient (Wildman–Crippen LogP) is 2.70. The van der Waals surface area contributed by atoms with Gasteiger partial charge < -0.3 is 59.4 Å². The van der Waals surface area contributed by atoms with Crippen LogP contribution < -0.4 is 30.6 Å². The van der Waals surface area contributed by atoms with Gasteiger partial charge in [-0.3, -0.25) is 0 Å². The summed E-state index contributed by atoms with van der Waals surface area (Å²) in [5.41, 5.74) is 5.15. The van der Waals surface area contributed by atoms with E-state index in [0.29, 0.717) is 0 Å². The van der Waals surface area contributed by atoms with Gasteiger partial charge in [-0.1, -0.05) is 218 Å². The fourth-order valence-corrected chi connectivity index (χ4v) is 4.37. The summed E-state index contributed by atoms with van der Waals surface area (Å²) in [5, 5.41) is 59.8. The molecule has 0 fully saturated rings. The molecule has 0 atom stereocenters. The molecule has 2 radical (unpaired) electrons. The summed E-state index contributed by atoms with van der Waals surface area (Å²) in [6, 6.07) is 55.2. The number of benzene rings is 6. The zero-order valence-corrected chi connectivity index (χ0v) is 40.8. The van der Waals surface area contributed by atoms with Crippen LogP contribution in [0.5, 0.6) is 0 Å². The third-order valence-corrected chi connectivity index (χ3v) is 7.27. The van der Waals surface area contributed by atoms with Crippen LogP contribution >= 0.6 is 0 Å². The van der Waals surface area contributed by atoms with Crippen molar-refractivity contribution in [2.24, 2.45) is 0 Å². The molecule has 12 nitrogen and oxygen atoms in total. The van der Waals surface area contributed by atoms with E-state index in [1.807, 2.05) is 182 Å². The summed E-state index contributed by atoms with van der Waals surface area (Å²) in [7, 11) is 0. The van der Waals surface area contributed by atoms with E-state index >= 15 is 0 Å². The van der Waals surface area contributed by atoms with Crippen LogP contribution in [0.2, 0.25) is 0 Å². The summed E-state index contributed by atoms with van der Waals surface area (Å²) in [6.07, 6.45) is 15.0. The molecule has 0 heterocycles. The van der Waals surface area contributed by atoms with Gasteiger partial charge in [0.15, 0.2) is 0 Å². The minimum Gasteiger partial charge on any atom is -0.545 e. The summed E-state index contributed by atoms with van der Waals surface area (Å²) >= 11 is 0. The Bertz CT molecular complexity index is 2050. The normalized spacial score (nSPS) is 9.88. The van der Waals surface area contributed by atoms with E-state index in [1.165, 1.54) is 36.5 Å². The molecule has 0 bridgehead atoms. The van der Waals surface area contributed by atoms with Crippen molar-refractivity contribution in [3.05, 3.63) is 252 Å². The summed E-state index contributed by atoms with van der Waals surface area (Å²) in [5.74, 6) is -7.03. The second-order valence-corrected chi connectivity index (χ2v) is 12.4. The molecular formula is C54H42NdO12Yb. The number of rotatable bonds is 12. The molecule has 0 aromatic heterocycles. The van der Waals surface area contributed by atoms with Crippen LogP contribution in [-0.2, 0) is 28.8 Å². The molecule has 0 saturated heterocycles. The van der Waals surface area contributed by atoms with Gasteiger partial charge in [0.05, 0.1) is 35.8 Å². The van der Waals surface area contributed by atoms with Gasteiger partial charge in [0, 0.05) is 0 Å². The van der Waals surface area contributed by atoms with Crippen LogP contribution in [0.15, 0.2) is 218 Å². The van der Waals surface area contributed by atoms with Crippen LogP contribution in [0, 0.1) is 87.8 Å². The van der Waals surface area contributed by atoms with Crippen molar-refractivity contribution < 1.29 is 147 Å². The van der Waals surface area contributed by atoms with Crippen LogP contribution in [0.4, 0.5) is 0 Å². The molecule has 0 amide bonds. The molecule has 14 heteroatoms. The first kappa shape index (κ1) is 63.5. The Morgan fingerprint density at radius 3 is 0.426 bits per heavy atom.